The Morgan fingerprint density at radius 3 is 2.86 bits per heavy atom. The minimum Gasteiger partial charge on any atom is -0.391 e. The van der Waals surface area contributed by atoms with Crippen LogP contribution >= 0.6 is 0 Å². The highest BCUT2D eigenvalue weighted by Gasteiger charge is 2.23. The number of amides is 2. The third-order valence-corrected chi connectivity index (χ3v) is 3.74. The van der Waals surface area contributed by atoms with Crippen LogP contribution < -0.4 is 5.32 Å². The summed E-state index contributed by atoms with van der Waals surface area (Å²) in [6, 6.07) is 7.11. The molecular formula is C16H23N3O3. The molecule has 1 aromatic rings. The highest BCUT2D eigenvalue weighted by molar-refractivity contribution is 5.95. The van der Waals surface area contributed by atoms with Gasteiger partial charge >= 0.3 is 0 Å². The van der Waals surface area contributed by atoms with E-state index in [1.54, 1.807) is 37.2 Å². The van der Waals surface area contributed by atoms with Gasteiger partial charge in [-0.25, -0.2) is 0 Å². The van der Waals surface area contributed by atoms with Crippen LogP contribution in [-0.4, -0.2) is 66.6 Å². The number of benzene rings is 1. The lowest BCUT2D eigenvalue weighted by atomic mass is 10.1. The zero-order valence-corrected chi connectivity index (χ0v) is 13.1. The monoisotopic (exact) mass is 305 g/mol. The van der Waals surface area contributed by atoms with Crippen molar-refractivity contribution in [2.75, 3.05) is 39.0 Å². The number of nitrogens with one attached hydrogen (secondary N) is 1. The zero-order valence-electron chi connectivity index (χ0n) is 13.1. The molecule has 0 aromatic heterocycles. The van der Waals surface area contributed by atoms with Crippen LogP contribution in [0, 0.1) is 0 Å². The van der Waals surface area contributed by atoms with Crippen LogP contribution in [-0.2, 0) is 4.79 Å². The molecule has 2 amide bonds. The van der Waals surface area contributed by atoms with E-state index in [1.807, 2.05) is 6.07 Å². The maximum atomic E-state index is 12.5. The first-order valence-electron chi connectivity index (χ1n) is 7.49. The molecule has 1 aliphatic rings. The van der Waals surface area contributed by atoms with Gasteiger partial charge in [0.05, 0.1) is 12.6 Å². The predicted octanol–water partition coefficient (Wildman–Crippen LogP) is 0.784. The molecule has 2 rings (SSSR count). The third-order valence-electron chi connectivity index (χ3n) is 3.74. The van der Waals surface area contributed by atoms with E-state index >= 15 is 0 Å². The van der Waals surface area contributed by atoms with Crippen LogP contribution in [0.5, 0.6) is 0 Å². The second-order valence-electron chi connectivity index (χ2n) is 5.77. The zero-order chi connectivity index (χ0) is 16.1. The summed E-state index contributed by atoms with van der Waals surface area (Å²) in [6.45, 7) is 1.25. The molecule has 0 radical (unpaired) electrons. The second-order valence-corrected chi connectivity index (χ2v) is 5.77. The molecule has 0 spiro atoms. The van der Waals surface area contributed by atoms with Crippen molar-refractivity contribution in [1.29, 1.82) is 0 Å². The van der Waals surface area contributed by atoms with E-state index in [9.17, 15) is 14.7 Å². The third kappa shape index (κ3) is 4.21. The average Bonchev–Trinajstić information content (AvgIpc) is 2.52. The molecule has 1 aliphatic heterocycles. The number of aliphatic hydroxyl groups excluding tert-OH is 1. The average molecular weight is 305 g/mol. The topological polar surface area (TPSA) is 72.9 Å². The summed E-state index contributed by atoms with van der Waals surface area (Å²) in [5.41, 5.74) is 1.30. The van der Waals surface area contributed by atoms with Crippen LogP contribution in [0.2, 0.25) is 0 Å². The minimum atomic E-state index is -0.434. The lowest BCUT2D eigenvalue weighted by molar-refractivity contribution is -0.126. The Kier molecular flexibility index (Phi) is 5.38. The molecule has 22 heavy (non-hydrogen) atoms. The molecule has 1 heterocycles. The molecule has 1 fully saturated rings. The first-order chi connectivity index (χ1) is 10.5. The van der Waals surface area contributed by atoms with Crippen molar-refractivity contribution in [2.24, 2.45) is 0 Å². The summed E-state index contributed by atoms with van der Waals surface area (Å²) in [5, 5.41) is 12.7. The van der Waals surface area contributed by atoms with Gasteiger partial charge in [0.15, 0.2) is 0 Å². The number of rotatable bonds is 4. The molecule has 0 saturated carbocycles. The van der Waals surface area contributed by atoms with Crippen molar-refractivity contribution in [3.8, 4) is 0 Å². The highest BCUT2D eigenvalue weighted by atomic mass is 16.3. The van der Waals surface area contributed by atoms with Crippen molar-refractivity contribution in [3.05, 3.63) is 29.8 Å². The Morgan fingerprint density at radius 2 is 2.18 bits per heavy atom. The maximum absolute atomic E-state index is 12.5. The molecule has 1 atom stereocenters. The van der Waals surface area contributed by atoms with Crippen molar-refractivity contribution in [3.63, 3.8) is 0 Å². The fraction of sp³-hybridized carbons (Fsp3) is 0.500. The summed E-state index contributed by atoms with van der Waals surface area (Å²) in [6.07, 6.45) is 1.14. The number of aliphatic hydroxyl groups is 1. The normalized spacial score (nSPS) is 18.0. The van der Waals surface area contributed by atoms with Gasteiger partial charge < -0.3 is 20.2 Å². The summed E-state index contributed by atoms with van der Waals surface area (Å²) in [7, 11) is 3.40. The van der Waals surface area contributed by atoms with E-state index in [2.05, 4.69) is 5.32 Å². The van der Waals surface area contributed by atoms with Gasteiger partial charge in [-0.3, -0.25) is 9.59 Å². The fourth-order valence-corrected chi connectivity index (χ4v) is 2.42. The molecule has 1 saturated heterocycles. The lowest BCUT2D eigenvalue weighted by Gasteiger charge is -2.30. The van der Waals surface area contributed by atoms with Gasteiger partial charge in [0.2, 0.25) is 5.91 Å². The Balaban J connectivity index is 2.01. The van der Waals surface area contributed by atoms with Gasteiger partial charge in [-0.05, 0) is 31.0 Å². The van der Waals surface area contributed by atoms with E-state index in [0.29, 0.717) is 18.7 Å². The standard InChI is InChI=1S/C16H23N3O3/c1-18(2)15(21)10-17-13-6-3-5-12(9-13)16(22)19-8-4-7-14(20)11-19/h3,5-6,9,14,17,20H,4,7-8,10-11H2,1-2H3/t14-/m0/s1. The lowest BCUT2D eigenvalue weighted by Crippen LogP contribution is -2.42. The quantitative estimate of drug-likeness (QED) is 0.862. The molecule has 6 nitrogen and oxygen atoms in total. The van der Waals surface area contributed by atoms with Gasteiger partial charge in [-0.2, -0.15) is 0 Å². The van der Waals surface area contributed by atoms with Crippen LogP contribution in [0.3, 0.4) is 0 Å². The number of anilines is 1. The van der Waals surface area contributed by atoms with Gasteiger partial charge in [0, 0.05) is 38.4 Å². The number of hydrogen-bond acceptors (Lipinski definition) is 4. The summed E-state index contributed by atoms with van der Waals surface area (Å²) >= 11 is 0. The van der Waals surface area contributed by atoms with Gasteiger partial charge in [0.25, 0.3) is 5.91 Å². The van der Waals surface area contributed by atoms with E-state index in [-0.39, 0.29) is 18.4 Å². The Hall–Kier alpha value is -2.08. The van der Waals surface area contributed by atoms with Gasteiger partial charge in [-0.1, -0.05) is 6.07 Å². The molecule has 2 N–H and O–H groups in total. The fourth-order valence-electron chi connectivity index (χ4n) is 2.42. The van der Waals surface area contributed by atoms with Crippen LogP contribution in [0.25, 0.3) is 0 Å². The first kappa shape index (κ1) is 16.3. The summed E-state index contributed by atoms with van der Waals surface area (Å²) in [4.78, 5) is 27.2. The number of likely N-dealkylation sites (tertiary alicyclic amines) is 1. The van der Waals surface area contributed by atoms with Crippen LogP contribution in [0.1, 0.15) is 23.2 Å². The Morgan fingerprint density at radius 1 is 1.41 bits per heavy atom. The number of hydrogen-bond donors (Lipinski definition) is 2. The first-order valence-corrected chi connectivity index (χ1v) is 7.49. The summed E-state index contributed by atoms with van der Waals surface area (Å²) in [5.74, 6) is -0.114. The van der Waals surface area contributed by atoms with Crippen molar-refractivity contribution < 1.29 is 14.7 Å². The van der Waals surface area contributed by atoms with E-state index < -0.39 is 6.10 Å². The van der Waals surface area contributed by atoms with Crippen molar-refractivity contribution in [2.45, 2.75) is 18.9 Å². The largest absolute Gasteiger partial charge is 0.391 e. The van der Waals surface area contributed by atoms with E-state index in [1.165, 1.54) is 4.90 Å². The number of nitrogens with zero attached hydrogens (tertiary/aromatic N) is 2. The van der Waals surface area contributed by atoms with Gasteiger partial charge in [-0.15, -0.1) is 0 Å². The molecule has 1 aromatic carbocycles. The number of β-amino-alcohol motifs (C(OH)–C–C–N with tert-alkyl or cyclic N) is 1. The van der Waals surface area contributed by atoms with Crippen LogP contribution in [0.15, 0.2) is 24.3 Å². The smallest absolute Gasteiger partial charge is 0.254 e. The van der Waals surface area contributed by atoms with E-state index in [4.69, 9.17) is 0 Å². The Labute approximate surface area is 130 Å². The molecule has 0 aliphatic carbocycles. The number of carbonyl (C=O) groups is 2. The molecular weight excluding hydrogens is 282 g/mol. The number of carbonyl (C=O) groups excluding carboxylic acids is 2. The molecule has 120 valence electrons. The highest BCUT2D eigenvalue weighted by Crippen LogP contribution is 2.16. The van der Waals surface area contributed by atoms with Crippen molar-refractivity contribution in [1.82, 2.24) is 9.80 Å². The Bertz CT molecular complexity index is 545. The summed E-state index contributed by atoms with van der Waals surface area (Å²) < 4.78 is 0. The minimum absolute atomic E-state index is 0.0316. The van der Waals surface area contributed by atoms with Crippen molar-refractivity contribution >= 4 is 17.5 Å². The van der Waals surface area contributed by atoms with Crippen LogP contribution in [0.4, 0.5) is 5.69 Å². The molecule has 6 heteroatoms. The molecule has 0 bridgehead atoms. The van der Waals surface area contributed by atoms with Gasteiger partial charge in [0.1, 0.15) is 0 Å². The second kappa shape index (κ2) is 7.26. The molecule has 0 unspecified atom stereocenters. The predicted molar refractivity (Wildman–Crippen MR) is 84.8 cm³/mol. The number of likely N-dealkylation sites (N-methyl/N-ethyl adjacent to an activating group) is 1. The SMILES string of the molecule is CN(C)C(=O)CNc1cccc(C(=O)N2CCC[C@H](O)C2)c1. The number of piperidine rings is 1. The van der Waals surface area contributed by atoms with E-state index in [0.717, 1.165) is 18.5 Å². The maximum Gasteiger partial charge on any atom is 0.254 e.